The summed E-state index contributed by atoms with van der Waals surface area (Å²) in [5, 5.41) is 10.4. The van der Waals surface area contributed by atoms with Crippen LogP contribution in [-0.2, 0) is 26.1 Å². The van der Waals surface area contributed by atoms with Gasteiger partial charge >= 0.3 is 0 Å². The Hall–Kier alpha value is -3.15. The summed E-state index contributed by atoms with van der Waals surface area (Å²) in [6, 6.07) is 20.6. The Bertz CT molecular complexity index is 1500. The fraction of sp³-hybridized carbons (Fsp3) is 0.486. The van der Waals surface area contributed by atoms with E-state index in [4.69, 9.17) is 18.9 Å². The van der Waals surface area contributed by atoms with E-state index in [-0.39, 0.29) is 17.4 Å². The number of fused-ring (bicyclic) bond motifs is 1. The summed E-state index contributed by atoms with van der Waals surface area (Å²) in [4.78, 5) is 2.56. The van der Waals surface area contributed by atoms with Crippen molar-refractivity contribution in [3.63, 3.8) is 0 Å². The minimum absolute atomic E-state index is 0.0874. The third-order valence-electron chi connectivity index (χ3n) is 8.75. The van der Waals surface area contributed by atoms with Crippen LogP contribution in [0.2, 0.25) is 0 Å². The molecule has 0 aliphatic carbocycles. The third-order valence-corrected chi connectivity index (χ3v) is 10.7. The molecule has 3 aromatic rings. The second kappa shape index (κ2) is 15.0. The van der Waals surface area contributed by atoms with Crippen LogP contribution in [0.15, 0.2) is 71.6 Å². The van der Waals surface area contributed by atoms with Crippen LogP contribution in [0, 0.1) is 6.92 Å². The maximum atomic E-state index is 14.1. The first-order valence-corrected chi connectivity index (χ1v) is 17.2. The zero-order chi connectivity index (χ0) is 32.0. The molecule has 2 heterocycles. The van der Waals surface area contributed by atoms with Gasteiger partial charge in [0.25, 0.3) is 0 Å². The molecular weight excluding hydrogens is 592 g/mol. The number of nitrogens with zero attached hydrogens (tertiary/aromatic N) is 2. The Kier molecular flexibility index (Phi) is 11.0. The van der Waals surface area contributed by atoms with Crippen LogP contribution in [0.1, 0.15) is 48.8 Å². The van der Waals surface area contributed by atoms with Crippen LogP contribution < -0.4 is 14.4 Å². The van der Waals surface area contributed by atoms with Crippen LogP contribution in [0.25, 0.3) is 0 Å². The SMILES string of the molecule is COCCCN1CCOc2ccc(CO[C@H]3CN(S(=O)(=O)c4ccc(C)cc4)[C@@H](C[C@@H](C)O)C[C@@H]3c3ccc(OC)cc3)cc21. The van der Waals surface area contributed by atoms with Crippen molar-refractivity contribution >= 4 is 15.7 Å². The van der Waals surface area contributed by atoms with E-state index in [9.17, 15) is 13.5 Å². The molecule has 1 fully saturated rings. The molecule has 9 nitrogen and oxygen atoms in total. The number of aliphatic hydroxyl groups is 1. The molecule has 1 N–H and O–H groups in total. The summed E-state index contributed by atoms with van der Waals surface area (Å²) >= 11 is 0. The Balaban J connectivity index is 1.44. The van der Waals surface area contributed by atoms with Crippen molar-refractivity contribution in [3.05, 3.63) is 83.4 Å². The van der Waals surface area contributed by atoms with Gasteiger partial charge in [-0.2, -0.15) is 4.31 Å². The average Bonchev–Trinajstić information content (AvgIpc) is 3.04. The highest BCUT2D eigenvalue weighted by atomic mass is 32.2. The van der Waals surface area contributed by atoms with E-state index in [2.05, 4.69) is 11.0 Å². The van der Waals surface area contributed by atoms with Crippen LogP contribution in [0.5, 0.6) is 11.5 Å². The van der Waals surface area contributed by atoms with Crippen LogP contribution in [0.4, 0.5) is 5.69 Å². The first kappa shape index (κ1) is 33.2. The predicted octanol–water partition coefficient (Wildman–Crippen LogP) is 5.14. The van der Waals surface area contributed by atoms with E-state index in [1.165, 1.54) is 0 Å². The number of hydrogen-bond acceptors (Lipinski definition) is 8. The number of anilines is 1. The molecule has 0 radical (unpaired) electrons. The summed E-state index contributed by atoms with van der Waals surface area (Å²) < 4.78 is 53.0. The molecule has 10 heteroatoms. The van der Waals surface area contributed by atoms with Gasteiger partial charge in [0, 0.05) is 38.8 Å². The standard InChI is InChI=1S/C35H46N2O7S/c1-25-6-13-31(14-7-25)45(39,40)37-23-35(32(22-29(37)20-26(2)38)28-9-11-30(42-4)12-10-28)44-24-27-8-15-34-33(21-27)36(17-19-43-34)16-5-18-41-3/h6-15,21,26,29,32,35,38H,5,16-20,22-24H2,1-4H3/t26-,29+,32-,35+/m1/s1. The van der Waals surface area contributed by atoms with Crippen LogP contribution in [-0.4, -0.2) is 83.1 Å². The van der Waals surface area contributed by atoms with E-state index < -0.39 is 28.3 Å². The second-order valence-corrected chi connectivity index (χ2v) is 14.0. The summed E-state index contributed by atoms with van der Waals surface area (Å²) in [5.74, 6) is 1.52. The summed E-state index contributed by atoms with van der Waals surface area (Å²) in [5.41, 5.74) is 4.06. The Morgan fingerprint density at radius 2 is 1.80 bits per heavy atom. The zero-order valence-electron chi connectivity index (χ0n) is 26.7. The van der Waals surface area contributed by atoms with Gasteiger partial charge in [-0.15, -0.1) is 0 Å². The minimum Gasteiger partial charge on any atom is -0.497 e. The number of rotatable bonds is 13. The van der Waals surface area contributed by atoms with E-state index in [0.29, 0.717) is 32.7 Å². The number of aliphatic hydroxyl groups excluding tert-OH is 1. The lowest BCUT2D eigenvalue weighted by Gasteiger charge is -2.44. The molecule has 0 aromatic heterocycles. The van der Waals surface area contributed by atoms with Crippen molar-refractivity contribution in [3.8, 4) is 11.5 Å². The topological polar surface area (TPSA) is 97.8 Å². The maximum absolute atomic E-state index is 14.1. The lowest BCUT2D eigenvalue weighted by Crippen LogP contribution is -2.53. The number of methoxy groups -OCH3 is 2. The van der Waals surface area contributed by atoms with Gasteiger partial charge in [0.15, 0.2) is 0 Å². The fourth-order valence-corrected chi connectivity index (χ4v) is 8.04. The molecule has 2 aliphatic rings. The molecule has 0 spiro atoms. The van der Waals surface area contributed by atoms with Gasteiger partial charge < -0.3 is 29.0 Å². The van der Waals surface area contributed by atoms with E-state index in [1.807, 2.05) is 55.5 Å². The van der Waals surface area contributed by atoms with Gasteiger partial charge in [0.1, 0.15) is 18.1 Å². The Labute approximate surface area is 267 Å². The van der Waals surface area contributed by atoms with Crippen LogP contribution >= 0.6 is 0 Å². The largest absolute Gasteiger partial charge is 0.497 e. The first-order valence-electron chi connectivity index (χ1n) is 15.7. The minimum atomic E-state index is -3.85. The number of piperidine rings is 1. The fourth-order valence-electron chi connectivity index (χ4n) is 6.38. The van der Waals surface area contributed by atoms with Gasteiger partial charge in [-0.25, -0.2) is 8.42 Å². The zero-order valence-corrected chi connectivity index (χ0v) is 27.5. The highest BCUT2D eigenvalue weighted by Gasteiger charge is 2.43. The Morgan fingerprint density at radius 3 is 2.49 bits per heavy atom. The number of aryl methyl sites for hydroxylation is 1. The monoisotopic (exact) mass is 638 g/mol. The van der Waals surface area contributed by atoms with Crippen molar-refractivity contribution in [2.75, 3.05) is 52.0 Å². The van der Waals surface area contributed by atoms with Crippen molar-refractivity contribution in [2.45, 2.75) is 68.8 Å². The first-order chi connectivity index (χ1) is 21.7. The molecule has 3 aromatic carbocycles. The molecule has 0 bridgehead atoms. The third kappa shape index (κ3) is 7.99. The van der Waals surface area contributed by atoms with Gasteiger partial charge in [-0.3, -0.25) is 0 Å². The molecule has 0 unspecified atom stereocenters. The molecule has 244 valence electrons. The second-order valence-electron chi connectivity index (χ2n) is 12.1. The van der Waals surface area contributed by atoms with Crippen molar-refractivity contribution in [1.82, 2.24) is 4.31 Å². The lowest BCUT2D eigenvalue weighted by molar-refractivity contribution is -0.0254. The summed E-state index contributed by atoms with van der Waals surface area (Å²) in [7, 11) is -0.497. The smallest absolute Gasteiger partial charge is 0.243 e. The normalized spacial score (nSPS) is 21.2. The van der Waals surface area contributed by atoms with E-state index >= 15 is 0 Å². The van der Waals surface area contributed by atoms with Crippen molar-refractivity contribution < 1.29 is 32.5 Å². The number of hydrogen-bond donors (Lipinski definition) is 1. The van der Waals surface area contributed by atoms with E-state index in [0.717, 1.165) is 53.4 Å². The molecule has 1 saturated heterocycles. The quantitative estimate of drug-likeness (QED) is 0.257. The van der Waals surface area contributed by atoms with Gasteiger partial charge in [0.05, 0.1) is 43.1 Å². The molecule has 45 heavy (non-hydrogen) atoms. The van der Waals surface area contributed by atoms with E-state index in [1.54, 1.807) is 37.6 Å². The Morgan fingerprint density at radius 1 is 1.04 bits per heavy atom. The van der Waals surface area contributed by atoms with Crippen molar-refractivity contribution in [2.24, 2.45) is 0 Å². The lowest BCUT2D eigenvalue weighted by atomic mass is 9.82. The number of benzene rings is 3. The molecule has 0 saturated carbocycles. The maximum Gasteiger partial charge on any atom is 0.243 e. The highest BCUT2D eigenvalue weighted by Crippen LogP contribution is 2.39. The van der Waals surface area contributed by atoms with Gasteiger partial charge in [-0.05, 0) is 80.6 Å². The molecule has 2 aliphatic heterocycles. The summed E-state index contributed by atoms with van der Waals surface area (Å²) in [6.45, 7) is 7.13. The van der Waals surface area contributed by atoms with Gasteiger partial charge in [-0.1, -0.05) is 35.9 Å². The van der Waals surface area contributed by atoms with Gasteiger partial charge in [0.2, 0.25) is 10.0 Å². The molecule has 0 amide bonds. The molecule has 5 rings (SSSR count). The number of ether oxygens (including phenoxy) is 4. The predicted molar refractivity (Wildman–Crippen MR) is 175 cm³/mol. The average molecular weight is 639 g/mol. The molecular formula is C35H46N2O7S. The van der Waals surface area contributed by atoms with Crippen LogP contribution in [0.3, 0.4) is 0 Å². The highest BCUT2D eigenvalue weighted by molar-refractivity contribution is 7.89. The van der Waals surface area contributed by atoms with Crippen molar-refractivity contribution in [1.29, 1.82) is 0 Å². The summed E-state index contributed by atoms with van der Waals surface area (Å²) in [6.07, 6.45) is 0.673. The number of sulfonamides is 1. The molecule has 4 atom stereocenters.